The standard InChI is InChI=1S/C8H14ClNO/c1-6-5-7(6)8(11)10(2)4-3-9/h6-7H,3-5H2,1-2H3. The number of hydrogen-bond acceptors (Lipinski definition) is 1. The first-order valence-electron chi connectivity index (χ1n) is 3.97. The lowest BCUT2D eigenvalue weighted by atomic mass is 10.3. The normalized spacial score (nSPS) is 28.3. The molecule has 3 heteroatoms. The van der Waals surface area contributed by atoms with E-state index in [1.807, 2.05) is 7.05 Å². The maximum absolute atomic E-state index is 11.4. The van der Waals surface area contributed by atoms with Crippen LogP contribution in [0, 0.1) is 11.8 Å². The molecule has 0 aromatic rings. The highest BCUT2D eigenvalue weighted by atomic mass is 35.5. The lowest BCUT2D eigenvalue weighted by molar-refractivity contribution is -0.131. The first-order chi connectivity index (χ1) is 5.16. The zero-order chi connectivity index (χ0) is 8.43. The lowest BCUT2D eigenvalue weighted by Crippen LogP contribution is -2.30. The zero-order valence-electron chi connectivity index (χ0n) is 7.01. The van der Waals surface area contributed by atoms with Gasteiger partial charge in [0.1, 0.15) is 0 Å². The van der Waals surface area contributed by atoms with Gasteiger partial charge in [0.15, 0.2) is 0 Å². The van der Waals surface area contributed by atoms with Gasteiger partial charge in [-0.1, -0.05) is 6.92 Å². The molecule has 64 valence electrons. The molecule has 0 aliphatic heterocycles. The number of carbonyl (C=O) groups is 1. The van der Waals surface area contributed by atoms with Crippen molar-refractivity contribution in [3.05, 3.63) is 0 Å². The van der Waals surface area contributed by atoms with Gasteiger partial charge in [-0.25, -0.2) is 0 Å². The molecule has 1 fully saturated rings. The van der Waals surface area contributed by atoms with Crippen LogP contribution < -0.4 is 0 Å². The van der Waals surface area contributed by atoms with E-state index in [1.165, 1.54) is 0 Å². The van der Waals surface area contributed by atoms with Crippen molar-refractivity contribution in [2.45, 2.75) is 13.3 Å². The van der Waals surface area contributed by atoms with E-state index in [1.54, 1.807) is 4.90 Å². The number of halogens is 1. The summed E-state index contributed by atoms with van der Waals surface area (Å²) < 4.78 is 0. The van der Waals surface area contributed by atoms with Gasteiger partial charge in [0.25, 0.3) is 0 Å². The maximum atomic E-state index is 11.4. The van der Waals surface area contributed by atoms with Crippen molar-refractivity contribution in [2.75, 3.05) is 19.5 Å². The van der Waals surface area contributed by atoms with E-state index in [-0.39, 0.29) is 5.91 Å². The molecular formula is C8H14ClNO. The molecule has 11 heavy (non-hydrogen) atoms. The van der Waals surface area contributed by atoms with Crippen LogP contribution in [0.4, 0.5) is 0 Å². The molecule has 0 radical (unpaired) electrons. The number of rotatable bonds is 3. The molecule has 0 N–H and O–H groups in total. The molecular weight excluding hydrogens is 162 g/mol. The Labute approximate surface area is 72.5 Å². The van der Waals surface area contributed by atoms with E-state index in [0.717, 1.165) is 6.42 Å². The quantitative estimate of drug-likeness (QED) is 0.593. The third kappa shape index (κ3) is 2.09. The van der Waals surface area contributed by atoms with Crippen LogP contribution in [0.25, 0.3) is 0 Å². The van der Waals surface area contributed by atoms with Crippen LogP contribution in [-0.4, -0.2) is 30.3 Å². The number of amides is 1. The summed E-state index contributed by atoms with van der Waals surface area (Å²) >= 11 is 5.51. The van der Waals surface area contributed by atoms with E-state index >= 15 is 0 Å². The van der Waals surface area contributed by atoms with Gasteiger partial charge < -0.3 is 4.90 Å². The Bertz CT molecular complexity index is 160. The highest BCUT2D eigenvalue weighted by Crippen LogP contribution is 2.38. The van der Waals surface area contributed by atoms with Crippen LogP contribution in [0.5, 0.6) is 0 Å². The van der Waals surface area contributed by atoms with Gasteiger partial charge in [-0.2, -0.15) is 0 Å². The molecule has 2 nitrogen and oxygen atoms in total. The minimum atomic E-state index is 0.262. The Morgan fingerprint density at radius 1 is 1.73 bits per heavy atom. The van der Waals surface area contributed by atoms with Gasteiger partial charge in [-0.15, -0.1) is 11.6 Å². The van der Waals surface area contributed by atoms with Gasteiger partial charge in [0.2, 0.25) is 5.91 Å². The summed E-state index contributed by atoms with van der Waals surface area (Å²) in [6.07, 6.45) is 1.06. The average molecular weight is 176 g/mol. The highest BCUT2D eigenvalue weighted by molar-refractivity contribution is 6.18. The van der Waals surface area contributed by atoms with Crippen molar-refractivity contribution in [2.24, 2.45) is 11.8 Å². The van der Waals surface area contributed by atoms with E-state index in [2.05, 4.69) is 6.92 Å². The van der Waals surface area contributed by atoms with Crippen molar-refractivity contribution in [3.63, 3.8) is 0 Å². The fourth-order valence-electron chi connectivity index (χ4n) is 1.19. The molecule has 0 bridgehead atoms. The van der Waals surface area contributed by atoms with E-state index in [4.69, 9.17) is 11.6 Å². The molecule has 0 aromatic heterocycles. The maximum Gasteiger partial charge on any atom is 0.225 e. The number of carbonyl (C=O) groups excluding carboxylic acids is 1. The molecule has 1 rings (SSSR count). The average Bonchev–Trinajstić information content (AvgIpc) is 2.66. The van der Waals surface area contributed by atoms with E-state index < -0.39 is 0 Å². The lowest BCUT2D eigenvalue weighted by Gasteiger charge is -2.14. The summed E-state index contributed by atoms with van der Waals surface area (Å²) in [6, 6.07) is 0. The molecule has 2 unspecified atom stereocenters. The fourth-order valence-corrected chi connectivity index (χ4v) is 1.44. The van der Waals surface area contributed by atoms with Crippen molar-refractivity contribution in [3.8, 4) is 0 Å². The molecule has 0 heterocycles. The largest absolute Gasteiger partial charge is 0.344 e. The predicted octanol–water partition coefficient (Wildman–Crippen LogP) is 1.34. The van der Waals surface area contributed by atoms with E-state index in [0.29, 0.717) is 24.3 Å². The summed E-state index contributed by atoms with van der Waals surface area (Å²) in [5, 5.41) is 0. The van der Waals surface area contributed by atoms with Crippen LogP contribution in [0.15, 0.2) is 0 Å². The molecule has 1 aliphatic rings. The van der Waals surface area contributed by atoms with Crippen molar-refractivity contribution < 1.29 is 4.79 Å². The highest BCUT2D eigenvalue weighted by Gasteiger charge is 2.40. The van der Waals surface area contributed by atoms with Crippen LogP contribution >= 0.6 is 11.6 Å². The Morgan fingerprint density at radius 2 is 2.27 bits per heavy atom. The summed E-state index contributed by atoms with van der Waals surface area (Å²) in [5.74, 6) is 1.69. The first-order valence-corrected chi connectivity index (χ1v) is 4.51. The Morgan fingerprint density at radius 3 is 2.64 bits per heavy atom. The summed E-state index contributed by atoms with van der Waals surface area (Å²) in [5.41, 5.74) is 0. The molecule has 1 amide bonds. The minimum Gasteiger partial charge on any atom is -0.344 e. The predicted molar refractivity (Wildman–Crippen MR) is 45.6 cm³/mol. The molecule has 0 spiro atoms. The summed E-state index contributed by atoms with van der Waals surface area (Å²) in [4.78, 5) is 13.1. The van der Waals surface area contributed by atoms with Gasteiger partial charge in [-0.3, -0.25) is 4.79 Å². The molecule has 1 saturated carbocycles. The third-order valence-corrected chi connectivity index (χ3v) is 2.39. The Balaban J connectivity index is 2.29. The zero-order valence-corrected chi connectivity index (χ0v) is 7.77. The van der Waals surface area contributed by atoms with Crippen LogP contribution in [0.1, 0.15) is 13.3 Å². The molecule has 0 aromatic carbocycles. The topological polar surface area (TPSA) is 20.3 Å². The first kappa shape index (κ1) is 8.85. The van der Waals surface area contributed by atoms with Crippen LogP contribution in [0.3, 0.4) is 0 Å². The SMILES string of the molecule is CC1CC1C(=O)N(C)CCCl. The van der Waals surface area contributed by atoms with Gasteiger partial charge >= 0.3 is 0 Å². The fraction of sp³-hybridized carbons (Fsp3) is 0.875. The summed E-state index contributed by atoms with van der Waals surface area (Å²) in [6.45, 7) is 2.78. The van der Waals surface area contributed by atoms with Crippen molar-refractivity contribution in [1.82, 2.24) is 4.90 Å². The van der Waals surface area contributed by atoms with Gasteiger partial charge in [0, 0.05) is 25.4 Å². The second-order valence-electron chi connectivity index (χ2n) is 3.27. The van der Waals surface area contributed by atoms with Crippen LogP contribution in [-0.2, 0) is 4.79 Å². The van der Waals surface area contributed by atoms with Crippen molar-refractivity contribution >= 4 is 17.5 Å². The van der Waals surface area contributed by atoms with E-state index in [9.17, 15) is 4.79 Å². The third-order valence-electron chi connectivity index (χ3n) is 2.22. The second-order valence-corrected chi connectivity index (χ2v) is 3.65. The second kappa shape index (κ2) is 3.44. The van der Waals surface area contributed by atoms with Gasteiger partial charge in [0.05, 0.1) is 0 Å². The number of hydrogen-bond donors (Lipinski definition) is 0. The molecule has 1 aliphatic carbocycles. The number of alkyl halides is 1. The molecule has 2 atom stereocenters. The van der Waals surface area contributed by atoms with Gasteiger partial charge in [-0.05, 0) is 12.3 Å². The smallest absolute Gasteiger partial charge is 0.225 e. The minimum absolute atomic E-state index is 0.262. The number of nitrogens with zero attached hydrogens (tertiary/aromatic N) is 1. The van der Waals surface area contributed by atoms with Crippen molar-refractivity contribution in [1.29, 1.82) is 0 Å². The Kier molecular flexibility index (Phi) is 2.77. The monoisotopic (exact) mass is 175 g/mol. The van der Waals surface area contributed by atoms with Crippen LogP contribution in [0.2, 0.25) is 0 Å². The summed E-state index contributed by atoms with van der Waals surface area (Å²) in [7, 11) is 1.82. The molecule has 0 saturated heterocycles. The Hall–Kier alpha value is -0.240.